The molecule has 3 aromatic rings. The van der Waals surface area contributed by atoms with Gasteiger partial charge in [-0.3, -0.25) is 0 Å². The van der Waals surface area contributed by atoms with Crippen LogP contribution in [0, 0.1) is 0 Å². The summed E-state index contributed by atoms with van der Waals surface area (Å²) in [7, 11) is 0. The lowest BCUT2D eigenvalue weighted by Crippen LogP contribution is -2.48. The molecule has 136 valence electrons. The monoisotopic (exact) mass is 390 g/mol. The predicted molar refractivity (Wildman–Crippen MR) is 107 cm³/mol. The van der Waals surface area contributed by atoms with Crippen LogP contribution >= 0.6 is 23.2 Å². The molecule has 4 rings (SSSR count). The Bertz CT molecular complexity index is 971. The third kappa shape index (κ3) is 2.88. The lowest BCUT2D eigenvalue weighted by Gasteiger charge is -2.38. The van der Waals surface area contributed by atoms with E-state index in [1.54, 1.807) is 6.07 Å². The highest BCUT2D eigenvalue weighted by Gasteiger charge is 2.28. The van der Waals surface area contributed by atoms with Gasteiger partial charge in [-0.2, -0.15) is 9.61 Å². The maximum Gasteiger partial charge on any atom is 0.167 e. The fourth-order valence-electron chi connectivity index (χ4n) is 3.43. The molecule has 0 bridgehead atoms. The molecule has 1 fully saturated rings. The second-order valence-corrected chi connectivity index (χ2v) is 7.86. The molecule has 1 aliphatic heterocycles. The number of hydrogen-bond donors (Lipinski definition) is 2. The Kier molecular flexibility index (Phi) is 4.22. The Balaban J connectivity index is 1.85. The van der Waals surface area contributed by atoms with E-state index in [-0.39, 0.29) is 5.54 Å². The maximum absolute atomic E-state index is 6.42. The zero-order valence-corrected chi connectivity index (χ0v) is 15.9. The number of fused-ring (bicyclic) bond motifs is 1. The van der Waals surface area contributed by atoms with E-state index in [0.29, 0.717) is 21.4 Å². The molecule has 1 aliphatic rings. The summed E-state index contributed by atoms with van der Waals surface area (Å²) in [5, 5.41) is 5.34. The van der Waals surface area contributed by atoms with Crippen molar-refractivity contribution >= 4 is 40.4 Å². The minimum Gasteiger partial charge on any atom is -0.398 e. The minimum absolute atomic E-state index is 0.127. The smallest absolute Gasteiger partial charge is 0.167 e. The Morgan fingerprint density at radius 1 is 1.19 bits per heavy atom. The van der Waals surface area contributed by atoms with Crippen LogP contribution < -0.4 is 16.4 Å². The van der Waals surface area contributed by atoms with Crippen LogP contribution in [0.2, 0.25) is 10.0 Å². The normalized spacial score (nSPS) is 17.0. The molecular formula is C18H20Cl2N6. The van der Waals surface area contributed by atoms with E-state index in [1.807, 2.05) is 22.7 Å². The summed E-state index contributed by atoms with van der Waals surface area (Å²) in [5.74, 6) is 0.910. The quantitative estimate of drug-likeness (QED) is 0.697. The van der Waals surface area contributed by atoms with Crippen molar-refractivity contribution in [1.29, 1.82) is 0 Å². The van der Waals surface area contributed by atoms with Crippen LogP contribution in [0.1, 0.15) is 19.8 Å². The third-order valence-electron chi connectivity index (χ3n) is 5.01. The molecule has 0 amide bonds. The molecule has 0 radical (unpaired) electrons. The van der Waals surface area contributed by atoms with Gasteiger partial charge in [-0.1, -0.05) is 35.3 Å². The summed E-state index contributed by atoms with van der Waals surface area (Å²) in [6.07, 6.45) is 3.34. The second kappa shape index (κ2) is 6.30. The van der Waals surface area contributed by atoms with Gasteiger partial charge < -0.3 is 16.4 Å². The summed E-state index contributed by atoms with van der Waals surface area (Å²) in [6.45, 7) is 3.78. The average molecular weight is 391 g/mol. The van der Waals surface area contributed by atoms with Gasteiger partial charge in [0.25, 0.3) is 0 Å². The van der Waals surface area contributed by atoms with Gasteiger partial charge in [-0.15, -0.1) is 0 Å². The van der Waals surface area contributed by atoms with Crippen LogP contribution in [-0.4, -0.2) is 33.2 Å². The van der Waals surface area contributed by atoms with E-state index >= 15 is 0 Å². The van der Waals surface area contributed by atoms with Gasteiger partial charge in [0, 0.05) is 35.9 Å². The first-order chi connectivity index (χ1) is 12.4. The van der Waals surface area contributed by atoms with Gasteiger partial charge in [0.05, 0.1) is 15.6 Å². The van der Waals surface area contributed by atoms with Gasteiger partial charge >= 0.3 is 0 Å². The lowest BCUT2D eigenvalue weighted by molar-refractivity contribution is 0.362. The Labute approximate surface area is 161 Å². The highest BCUT2D eigenvalue weighted by molar-refractivity contribution is 6.44. The number of halogens is 2. The lowest BCUT2D eigenvalue weighted by atomic mass is 9.91. The van der Waals surface area contributed by atoms with Crippen LogP contribution in [0.25, 0.3) is 16.8 Å². The van der Waals surface area contributed by atoms with Crippen LogP contribution in [-0.2, 0) is 0 Å². The number of nitrogens with zero attached hydrogens (tertiary/aromatic N) is 4. The molecule has 0 unspecified atom stereocenters. The van der Waals surface area contributed by atoms with Crippen molar-refractivity contribution in [3.63, 3.8) is 0 Å². The van der Waals surface area contributed by atoms with Crippen molar-refractivity contribution in [3.05, 3.63) is 40.6 Å². The van der Waals surface area contributed by atoms with Crippen LogP contribution in [0.5, 0.6) is 0 Å². The van der Waals surface area contributed by atoms with Gasteiger partial charge in [0.2, 0.25) is 0 Å². The maximum atomic E-state index is 6.42. The summed E-state index contributed by atoms with van der Waals surface area (Å²) in [4.78, 5) is 6.68. The Morgan fingerprint density at radius 3 is 2.65 bits per heavy atom. The molecule has 3 heterocycles. The number of nitrogens with two attached hydrogens (primary N) is 2. The molecule has 2 aromatic heterocycles. The first-order valence-corrected chi connectivity index (χ1v) is 9.23. The molecule has 0 saturated carbocycles. The molecule has 8 heteroatoms. The highest BCUT2D eigenvalue weighted by Crippen LogP contribution is 2.40. The van der Waals surface area contributed by atoms with E-state index in [1.165, 1.54) is 6.33 Å². The fraction of sp³-hybridized carbons (Fsp3) is 0.333. The van der Waals surface area contributed by atoms with E-state index in [2.05, 4.69) is 21.9 Å². The van der Waals surface area contributed by atoms with Crippen molar-refractivity contribution in [2.45, 2.75) is 25.3 Å². The van der Waals surface area contributed by atoms with E-state index in [0.717, 1.165) is 42.9 Å². The number of rotatable bonds is 2. The zero-order valence-electron chi connectivity index (χ0n) is 14.4. The predicted octanol–water partition coefficient (Wildman–Crippen LogP) is 3.60. The van der Waals surface area contributed by atoms with E-state index in [4.69, 9.17) is 34.7 Å². The van der Waals surface area contributed by atoms with Crippen molar-refractivity contribution in [3.8, 4) is 11.1 Å². The molecular weight excluding hydrogens is 371 g/mol. The van der Waals surface area contributed by atoms with Crippen molar-refractivity contribution < 1.29 is 0 Å². The molecule has 26 heavy (non-hydrogen) atoms. The second-order valence-electron chi connectivity index (χ2n) is 7.07. The van der Waals surface area contributed by atoms with E-state index in [9.17, 15) is 0 Å². The number of nitrogen functional groups attached to an aromatic ring is 1. The number of anilines is 2. The van der Waals surface area contributed by atoms with Crippen molar-refractivity contribution in [2.24, 2.45) is 5.73 Å². The largest absolute Gasteiger partial charge is 0.398 e. The SMILES string of the molecule is CC1(N)CCN(c2cc(N)c(-c3cccc(Cl)c3Cl)c3ncnn23)CC1. The van der Waals surface area contributed by atoms with Gasteiger partial charge in [0.15, 0.2) is 5.65 Å². The molecule has 0 aliphatic carbocycles. The van der Waals surface area contributed by atoms with Gasteiger partial charge in [0.1, 0.15) is 12.1 Å². The molecule has 4 N–H and O–H groups in total. The van der Waals surface area contributed by atoms with Gasteiger partial charge in [-0.05, 0) is 25.8 Å². The summed E-state index contributed by atoms with van der Waals surface area (Å²) in [6, 6.07) is 7.40. The number of pyridine rings is 1. The van der Waals surface area contributed by atoms with E-state index < -0.39 is 0 Å². The Morgan fingerprint density at radius 2 is 1.92 bits per heavy atom. The van der Waals surface area contributed by atoms with Crippen LogP contribution in [0.4, 0.5) is 11.5 Å². The first kappa shape index (κ1) is 17.4. The summed E-state index contributed by atoms with van der Waals surface area (Å²) < 4.78 is 1.81. The number of aromatic nitrogens is 3. The molecule has 1 saturated heterocycles. The number of benzene rings is 1. The Hall–Kier alpha value is -2.02. The summed E-state index contributed by atoms with van der Waals surface area (Å²) >= 11 is 12.6. The van der Waals surface area contributed by atoms with Crippen LogP contribution in [0.3, 0.4) is 0 Å². The number of hydrogen-bond acceptors (Lipinski definition) is 5. The first-order valence-electron chi connectivity index (χ1n) is 8.48. The topological polar surface area (TPSA) is 85.5 Å². The van der Waals surface area contributed by atoms with Crippen LogP contribution in [0.15, 0.2) is 30.6 Å². The molecule has 0 spiro atoms. The minimum atomic E-state index is -0.127. The van der Waals surface area contributed by atoms with Crippen molar-refractivity contribution in [1.82, 2.24) is 14.6 Å². The standard InChI is InChI=1S/C18H20Cl2N6/c1-18(22)5-7-25(8-6-18)14-9-13(21)15(17-23-10-24-26(14)17)11-3-2-4-12(19)16(11)20/h2-4,9-10H,5-8,21-22H2,1H3. The third-order valence-corrected chi connectivity index (χ3v) is 5.83. The molecule has 0 atom stereocenters. The average Bonchev–Trinajstić information content (AvgIpc) is 3.07. The molecule has 1 aromatic carbocycles. The number of piperidine rings is 1. The van der Waals surface area contributed by atoms with Gasteiger partial charge in [-0.25, -0.2) is 4.98 Å². The zero-order chi connectivity index (χ0) is 18.5. The van der Waals surface area contributed by atoms with Crippen molar-refractivity contribution in [2.75, 3.05) is 23.7 Å². The molecule has 6 nitrogen and oxygen atoms in total. The fourth-order valence-corrected chi connectivity index (χ4v) is 3.82. The highest BCUT2D eigenvalue weighted by atomic mass is 35.5. The summed E-state index contributed by atoms with van der Waals surface area (Å²) in [5.41, 5.74) is 15.3.